The molecule has 1 amide bonds. The highest BCUT2D eigenvalue weighted by atomic mass is 32.1. The minimum absolute atomic E-state index is 0.0667. The Kier molecular flexibility index (Phi) is 4.80. The maximum atomic E-state index is 12.8. The number of carbonyl (C=O) groups is 1. The van der Waals surface area contributed by atoms with Crippen LogP contribution in [-0.2, 0) is 11.2 Å². The Labute approximate surface area is 167 Å². The van der Waals surface area contributed by atoms with Crippen molar-refractivity contribution in [2.24, 2.45) is 0 Å². The fraction of sp³-hybridized carbons (Fsp3) is 0.350. The molecule has 144 valence electrons. The number of carbonyl (C=O) groups excluding carboxylic acids is 1. The SMILES string of the molecule is Cc1nc2ncnn2c(C)c1CCC(=O)N(C)[C@@H](C)c1nc2ccccc2s1. The van der Waals surface area contributed by atoms with Gasteiger partial charge in [-0.3, -0.25) is 4.79 Å². The molecule has 28 heavy (non-hydrogen) atoms. The summed E-state index contributed by atoms with van der Waals surface area (Å²) in [6.07, 6.45) is 2.53. The second-order valence-corrected chi connectivity index (χ2v) is 8.00. The van der Waals surface area contributed by atoms with Crippen LogP contribution in [0, 0.1) is 13.8 Å². The third kappa shape index (κ3) is 3.24. The summed E-state index contributed by atoms with van der Waals surface area (Å²) in [5.74, 6) is 0.677. The van der Waals surface area contributed by atoms with Crippen LogP contribution in [0.1, 0.15) is 41.3 Å². The summed E-state index contributed by atoms with van der Waals surface area (Å²) in [6.45, 7) is 5.97. The summed E-state index contributed by atoms with van der Waals surface area (Å²) < 4.78 is 2.86. The predicted molar refractivity (Wildman–Crippen MR) is 109 cm³/mol. The Morgan fingerprint density at radius 2 is 2.04 bits per heavy atom. The molecule has 0 spiro atoms. The van der Waals surface area contributed by atoms with Crippen LogP contribution in [0.25, 0.3) is 16.0 Å². The average Bonchev–Trinajstić information content (AvgIpc) is 3.33. The van der Waals surface area contributed by atoms with Gasteiger partial charge < -0.3 is 4.90 Å². The molecule has 1 atom stereocenters. The zero-order valence-electron chi connectivity index (χ0n) is 16.4. The maximum absolute atomic E-state index is 12.8. The summed E-state index contributed by atoms with van der Waals surface area (Å²) in [7, 11) is 1.84. The van der Waals surface area contributed by atoms with Gasteiger partial charge in [-0.1, -0.05) is 12.1 Å². The molecule has 4 rings (SSSR count). The Balaban J connectivity index is 1.48. The van der Waals surface area contributed by atoms with Crippen LogP contribution in [0.5, 0.6) is 0 Å². The molecule has 3 aromatic heterocycles. The van der Waals surface area contributed by atoms with E-state index >= 15 is 0 Å². The number of rotatable bonds is 5. The molecule has 0 N–H and O–H groups in total. The zero-order chi connectivity index (χ0) is 19.8. The molecule has 8 heteroatoms. The fourth-order valence-corrected chi connectivity index (χ4v) is 4.44. The lowest BCUT2D eigenvalue weighted by atomic mass is 10.1. The number of aromatic nitrogens is 5. The van der Waals surface area contributed by atoms with Crippen molar-refractivity contribution in [3.8, 4) is 0 Å². The second-order valence-electron chi connectivity index (χ2n) is 6.93. The molecular weight excluding hydrogens is 372 g/mol. The standard InChI is InChI=1S/C20H22N6OS/c1-12-15(13(2)26-20(23-12)21-11-22-26)9-10-18(27)25(4)14(3)19-24-16-7-5-6-8-17(16)28-19/h5-8,11,14H,9-10H2,1-4H3/t14-/m0/s1. The van der Waals surface area contributed by atoms with Crippen molar-refractivity contribution < 1.29 is 4.79 Å². The predicted octanol–water partition coefficient (Wildman–Crippen LogP) is 3.50. The van der Waals surface area contributed by atoms with Crippen molar-refractivity contribution in [3.63, 3.8) is 0 Å². The van der Waals surface area contributed by atoms with Crippen LogP contribution in [0.15, 0.2) is 30.6 Å². The Hall–Kier alpha value is -2.87. The quantitative estimate of drug-likeness (QED) is 0.518. The van der Waals surface area contributed by atoms with Crippen LogP contribution >= 0.6 is 11.3 Å². The molecule has 0 saturated carbocycles. The van der Waals surface area contributed by atoms with E-state index in [1.54, 1.807) is 20.8 Å². The third-order valence-electron chi connectivity index (χ3n) is 5.22. The van der Waals surface area contributed by atoms with Crippen LogP contribution in [0.4, 0.5) is 0 Å². The van der Waals surface area contributed by atoms with Gasteiger partial charge in [0.05, 0.1) is 16.3 Å². The normalized spacial score (nSPS) is 12.6. The first-order valence-electron chi connectivity index (χ1n) is 9.22. The molecule has 0 aliphatic carbocycles. The van der Waals surface area contributed by atoms with Gasteiger partial charge in [-0.05, 0) is 44.9 Å². The summed E-state index contributed by atoms with van der Waals surface area (Å²) in [5, 5.41) is 5.17. The molecule has 3 heterocycles. The molecule has 0 aliphatic heterocycles. The topological polar surface area (TPSA) is 76.3 Å². The number of para-hydroxylation sites is 1. The maximum Gasteiger partial charge on any atom is 0.252 e. The van der Waals surface area contributed by atoms with Gasteiger partial charge in [-0.15, -0.1) is 11.3 Å². The molecule has 0 saturated heterocycles. The lowest BCUT2D eigenvalue weighted by Gasteiger charge is -2.23. The summed E-state index contributed by atoms with van der Waals surface area (Å²) in [5.41, 5.74) is 3.91. The average molecular weight is 395 g/mol. The first-order valence-corrected chi connectivity index (χ1v) is 10.0. The van der Waals surface area contributed by atoms with Crippen molar-refractivity contribution in [2.75, 3.05) is 7.05 Å². The summed E-state index contributed by atoms with van der Waals surface area (Å²) in [4.78, 5) is 27.9. The molecule has 4 aromatic rings. The Morgan fingerprint density at radius 3 is 2.82 bits per heavy atom. The summed E-state index contributed by atoms with van der Waals surface area (Å²) >= 11 is 1.64. The van der Waals surface area contributed by atoms with E-state index in [0.29, 0.717) is 18.6 Å². The monoisotopic (exact) mass is 394 g/mol. The van der Waals surface area contributed by atoms with Crippen molar-refractivity contribution >= 4 is 33.2 Å². The van der Waals surface area contributed by atoms with E-state index in [9.17, 15) is 4.79 Å². The molecule has 0 bridgehead atoms. The van der Waals surface area contributed by atoms with Gasteiger partial charge in [0.1, 0.15) is 11.3 Å². The van der Waals surface area contributed by atoms with Crippen LogP contribution in [0.2, 0.25) is 0 Å². The summed E-state index contributed by atoms with van der Waals surface area (Å²) in [6, 6.07) is 7.99. The number of amides is 1. The number of nitrogens with zero attached hydrogens (tertiary/aromatic N) is 6. The van der Waals surface area contributed by atoms with E-state index in [4.69, 9.17) is 0 Å². The van der Waals surface area contributed by atoms with Gasteiger partial charge in [0.25, 0.3) is 5.78 Å². The van der Waals surface area contributed by atoms with Gasteiger partial charge >= 0.3 is 0 Å². The molecule has 1 aromatic carbocycles. The highest BCUT2D eigenvalue weighted by Crippen LogP contribution is 2.29. The van der Waals surface area contributed by atoms with E-state index in [0.717, 1.165) is 32.2 Å². The minimum atomic E-state index is -0.0667. The fourth-order valence-electron chi connectivity index (χ4n) is 3.38. The molecule has 0 fully saturated rings. The van der Waals surface area contributed by atoms with Crippen molar-refractivity contribution in [2.45, 2.75) is 39.7 Å². The number of fused-ring (bicyclic) bond motifs is 2. The molecule has 7 nitrogen and oxygen atoms in total. The highest BCUT2D eigenvalue weighted by Gasteiger charge is 2.21. The van der Waals surface area contributed by atoms with Crippen molar-refractivity contribution in [3.05, 3.63) is 52.6 Å². The Morgan fingerprint density at radius 1 is 1.25 bits per heavy atom. The number of hydrogen-bond donors (Lipinski definition) is 0. The van der Waals surface area contributed by atoms with Crippen molar-refractivity contribution in [1.82, 2.24) is 29.5 Å². The van der Waals surface area contributed by atoms with Gasteiger partial charge in [-0.2, -0.15) is 10.1 Å². The smallest absolute Gasteiger partial charge is 0.252 e. The largest absolute Gasteiger partial charge is 0.337 e. The zero-order valence-corrected chi connectivity index (χ0v) is 17.2. The second kappa shape index (κ2) is 7.27. The molecule has 0 unspecified atom stereocenters. The number of thiazole rings is 1. The van der Waals surface area contributed by atoms with E-state index in [1.165, 1.54) is 6.33 Å². The number of benzene rings is 1. The van der Waals surface area contributed by atoms with Crippen LogP contribution in [-0.4, -0.2) is 42.4 Å². The van der Waals surface area contributed by atoms with Gasteiger partial charge in [0.15, 0.2) is 0 Å². The van der Waals surface area contributed by atoms with Crippen LogP contribution in [0.3, 0.4) is 0 Å². The molecule has 0 radical (unpaired) electrons. The van der Waals surface area contributed by atoms with Crippen molar-refractivity contribution in [1.29, 1.82) is 0 Å². The highest BCUT2D eigenvalue weighted by molar-refractivity contribution is 7.18. The number of aryl methyl sites for hydroxylation is 2. The van der Waals surface area contributed by atoms with Crippen LogP contribution < -0.4 is 0 Å². The minimum Gasteiger partial charge on any atom is -0.337 e. The van der Waals surface area contributed by atoms with E-state index in [-0.39, 0.29) is 11.9 Å². The Bertz CT molecular complexity index is 1130. The van der Waals surface area contributed by atoms with Gasteiger partial charge in [0.2, 0.25) is 5.91 Å². The van der Waals surface area contributed by atoms with E-state index in [2.05, 4.69) is 26.1 Å². The van der Waals surface area contributed by atoms with E-state index in [1.807, 2.05) is 46.0 Å². The molecule has 0 aliphatic rings. The first kappa shape index (κ1) is 18.5. The third-order valence-corrected chi connectivity index (χ3v) is 6.43. The lowest BCUT2D eigenvalue weighted by Crippen LogP contribution is -2.30. The first-order chi connectivity index (χ1) is 13.5. The number of hydrogen-bond acceptors (Lipinski definition) is 6. The van der Waals surface area contributed by atoms with Gasteiger partial charge in [0, 0.05) is 24.9 Å². The van der Waals surface area contributed by atoms with Gasteiger partial charge in [-0.25, -0.2) is 14.5 Å². The lowest BCUT2D eigenvalue weighted by molar-refractivity contribution is -0.131. The van der Waals surface area contributed by atoms with E-state index < -0.39 is 0 Å². The molecular formula is C20H22N6OS.